The minimum Gasteiger partial charge on any atom is -0.349 e. The molecule has 0 radical (unpaired) electrons. The van der Waals surface area contributed by atoms with Crippen molar-refractivity contribution >= 4 is 11.6 Å². The number of benzene rings is 1. The lowest BCUT2D eigenvalue weighted by atomic mass is 9.86. The summed E-state index contributed by atoms with van der Waals surface area (Å²) in [5, 5.41) is 3.17. The van der Waals surface area contributed by atoms with Crippen molar-refractivity contribution in [3.63, 3.8) is 0 Å². The largest absolute Gasteiger partial charge is 0.349 e. The van der Waals surface area contributed by atoms with Gasteiger partial charge in [0.1, 0.15) is 0 Å². The van der Waals surface area contributed by atoms with Crippen molar-refractivity contribution < 1.29 is 4.79 Å². The summed E-state index contributed by atoms with van der Waals surface area (Å²) < 4.78 is 0. The molecule has 2 unspecified atom stereocenters. The fraction of sp³-hybridized carbons (Fsp3) is 0.533. The average Bonchev–Trinajstić information content (AvgIpc) is 2.41. The third-order valence-electron chi connectivity index (χ3n) is 4.07. The Hall–Kier alpha value is -1.55. The van der Waals surface area contributed by atoms with Crippen LogP contribution in [0.25, 0.3) is 0 Å². The fourth-order valence-electron chi connectivity index (χ4n) is 2.79. The van der Waals surface area contributed by atoms with E-state index in [1.165, 1.54) is 19.3 Å². The second-order valence-corrected chi connectivity index (χ2v) is 5.52. The van der Waals surface area contributed by atoms with Crippen LogP contribution >= 0.6 is 0 Å². The zero-order valence-electron chi connectivity index (χ0n) is 11.7. The molecule has 0 aromatic heterocycles. The zero-order valence-corrected chi connectivity index (χ0v) is 11.7. The molecule has 2 rings (SSSR count). The Kier molecular flexibility index (Phi) is 4.43. The molecule has 1 aliphatic carbocycles. The van der Waals surface area contributed by atoms with Crippen molar-refractivity contribution in [3.8, 4) is 0 Å². The van der Waals surface area contributed by atoms with Crippen molar-refractivity contribution in [2.24, 2.45) is 11.8 Å². The Bertz CT molecular complexity index is 459. The molecule has 104 valence electrons. The van der Waals surface area contributed by atoms with Gasteiger partial charge in [0.2, 0.25) is 0 Å². The highest BCUT2D eigenvalue weighted by Crippen LogP contribution is 2.24. The summed E-state index contributed by atoms with van der Waals surface area (Å²) in [4.78, 5) is 12.3. The molecule has 2 atom stereocenters. The molecule has 1 aromatic rings. The Labute approximate surface area is 114 Å². The van der Waals surface area contributed by atoms with Crippen molar-refractivity contribution in [1.82, 2.24) is 5.32 Å². The summed E-state index contributed by atoms with van der Waals surface area (Å²) in [6.45, 7) is 4.15. The average molecular weight is 261 g/mol. The summed E-state index contributed by atoms with van der Waals surface area (Å²) in [6, 6.07) is 5.85. The number of carbonyl (C=O) groups excluding carboxylic acids is 1. The SMILES string of the molecule is Cc1cc(NN)ccc1C(=O)NC1CCCCC1C. The molecular formula is C15H23N3O. The molecule has 0 bridgehead atoms. The number of rotatable bonds is 3. The molecule has 4 nitrogen and oxygen atoms in total. The number of nitrogen functional groups attached to an aromatic ring is 1. The maximum atomic E-state index is 12.3. The van der Waals surface area contributed by atoms with Gasteiger partial charge in [0.15, 0.2) is 0 Å². The molecule has 4 N–H and O–H groups in total. The van der Waals surface area contributed by atoms with Crippen molar-refractivity contribution in [1.29, 1.82) is 0 Å². The van der Waals surface area contributed by atoms with Crippen LogP contribution in [0, 0.1) is 12.8 Å². The van der Waals surface area contributed by atoms with E-state index in [0.29, 0.717) is 12.0 Å². The number of anilines is 1. The lowest BCUT2D eigenvalue weighted by Crippen LogP contribution is -2.41. The first kappa shape index (κ1) is 13.9. The number of hydrogen-bond donors (Lipinski definition) is 3. The zero-order chi connectivity index (χ0) is 13.8. The van der Waals surface area contributed by atoms with E-state index in [1.54, 1.807) is 0 Å². The van der Waals surface area contributed by atoms with Crippen molar-refractivity contribution in [3.05, 3.63) is 29.3 Å². The smallest absolute Gasteiger partial charge is 0.251 e. The second-order valence-electron chi connectivity index (χ2n) is 5.52. The quantitative estimate of drug-likeness (QED) is 0.578. The molecule has 1 saturated carbocycles. The number of nitrogens with one attached hydrogen (secondary N) is 2. The minimum atomic E-state index is 0.0276. The van der Waals surface area contributed by atoms with Gasteiger partial charge in [0, 0.05) is 17.3 Å². The van der Waals surface area contributed by atoms with E-state index in [0.717, 1.165) is 23.2 Å². The summed E-state index contributed by atoms with van der Waals surface area (Å²) in [5.41, 5.74) is 5.08. The van der Waals surface area contributed by atoms with E-state index in [2.05, 4.69) is 17.7 Å². The maximum Gasteiger partial charge on any atom is 0.251 e. The third-order valence-corrected chi connectivity index (χ3v) is 4.07. The Morgan fingerprint density at radius 3 is 2.68 bits per heavy atom. The maximum absolute atomic E-state index is 12.3. The number of carbonyl (C=O) groups is 1. The van der Waals surface area contributed by atoms with Crippen molar-refractivity contribution in [2.75, 3.05) is 5.43 Å². The molecule has 0 heterocycles. The van der Waals surface area contributed by atoms with Crippen LogP contribution in [0.2, 0.25) is 0 Å². The van der Waals surface area contributed by atoms with Gasteiger partial charge in [-0.15, -0.1) is 0 Å². The summed E-state index contributed by atoms with van der Waals surface area (Å²) in [7, 11) is 0. The Morgan fingerprint density at radius 2 is 2.05 bits per heavy atom. The van der Waals surface area contributed by atoms with Gasteiger partial charge in [0.25, 0.3) is 5.91 Å². The van der Waals surface area contributed by atoms with Gasteiger partial charge in [-0.2, -0.15) is 0 Å². The summed E-state index contributed by atoms with van der Waals surface area (Å²) in [5.74, 6) is 5.96. The number of aryl methyl sites for hydroxylation is 1. The number of amides is 1. The van der Waals surface area contributed by atoms with E-state index >= 15 is 0 Å². The minimum absolute atomic E-state index is 0.0276. The number of hydrogen-bond acceptors (Lipinski definition) is 3. The lowest BCUT2D eigenvalue weighted by Gasteiger charge is -2.29. The molecular weight excluding hydrogens is 238 g/mol. The lowest BCUT2D eigenvalue weighted by molar-refractivity contribution is 0.0909. The summed E-state index contributed by atoms with van der Waals surface area (Å²) >= 11 is 0. The van der Waals surface area contributed by atoms with Gasteiger partial charge < -0.3 is 10.7 Å². The molecule has 19 heavy (non-hydrogen) atoms. The first-order chi connectivity index (χ1) is 9.11. The molecule has 1 amide bonds. The Balaban J connectivity index is 2.07. The number of nitrogens with two attached hydrogens (primary N) is 1. The molecule has 0 spiro atoms. The molecule has 0 aliphatic heterocycles. The van der Waals surface area contributed by atoms with Gasteiger partial charge >= 0.3 is 0 Å². The van der Waals surface area contributed by atoms with E-state index < -0.39 is 0 Å². The van der Waals surface area contributed by atoms with Crippen LogP contribution < -0.4 is 16.6 Å². The highest BCUT2D eigenvalue weighted by molar-refractivity contribution is 5.96. The van der Waals surface area contributed by atoms with E-state index in [4.69, 9.17) is 5.84 Å². The van der Waals surface area contributed by atoms with E-state index in [-0.39, 0.29) is 5.91 Å². The van der Waals surface area contributed by atoms with Crippen LogP contribution in [0.1, 0.15) is 48.5 Å². The molecule has 1 aromatic carbocycles. The van der Waals surface area contributed by atoms with Crippen LogP contribution in [-0.2, 0) is 0 Å². The first-order valence-electron chi connectivity index (χ1n) is 7.00. The van der Waals surface area contributed by atoms with Crippen LogP contribution in [-0.4, -0.2) is 11.9 Å². The predicted octanol–water partition coefficient (Wildman–Crippen LogP) is 2.59. The monoisotopic (exact) mass is 261 g/mol. The van der Waals surface area contributed by atoms with Gasteiger partial charge in [-0.1, -0.05) is 19.8 Å². The van der Waals surface area contributed by atoms with Gasteiger partial charge in [-0.3, -0.25) is 10.6 Å². The van der Waals surface area contributed by atoms with Crippen LogP contribution in [0.3, 0.4) is 0 Å². The third kappa shape index (κ3) is 3.26. The molecule has 0 saturated heterocycles. The standard InChI is InChI=1S/C15H23N3O/c1-10-5-3-4-6-14(10)17-15(19)13-8-7-12(18-16)9-11(13)2/h7-10,14,18H,3-6,16H2,1-2H3,(H,17,19). The van der Waals surface area contributed by atoms with Gasteiger partial charge in [-0.25, -0.2) is 0 Å². The molecule has 4 heteroatoms. The normalized spacial score (nSPS) is 22.9. The first-order valence-corrected chi connectivity index (χ1v) is 7.00. The van der Waals surface area contributed by atoms with Gasteiger partial charge in [-0.05, 0) is 49.4 Å². The molecule has 1 fully saturated rings. The topological polar surface area (TPSA) is 67.1 Å². The number of hydrazine groups is 1. The predicted molar refractivity (Wildman–Crippen MR) is 77.9 cm³/mol. The Morgan fingerprint density at radius 1 is 1.32 bits per heavy atom. The van der Waals surface area contributed by atoms with E-state index in [9.17, 15) is 4.79 Å². The second kappa shape index (κ2) is 6.06. The highest BCUT2D eigenvalue weighted by Gasteiger charge is 2.23. The summed E-state index contributed by atoms with van der Waals surface area (Å²) in [6.07, 6.45) is 4.79. The van der Waals surface area contributed by atoms with E-state index in [1.807, 2.05) is 25.1 Å². The van der Waals surface area contributed by atoms with Crippen LogP contribution in [0.15, 0.2) is 18.2 Å². The van der Waals surface area contributed by atoms with Crippen LogP contribution in [0.5, 0.6) is 0 Å². The van der Waals surface area contributed by atoms with Crippen molar-refractivity contribution in [2.45, 2.75) is 45.6 Å². The fourth-order valence-corrected chi connectivity index (χ4v) is 2.79. The van der Waals surface area contributed by atoms with Gasteiger partial charge in [0.05, 0.1) is 0 Å². The highest BCUT2D eigenvalue weighted by atomic mass is 16.1. The molecule has 1 aliphatic rings. The van der Waals surface area contributed by atoms with Crippen LogP contribution in [0.4, 0.5) is 5.69 Å².